The highest BCUT2D eigenvalue weighted by Gasteiger charge is 2.04. The van der Waals surface area contributed by atoms with E-state index in [0.29, 0.717) is 0 Å². The fraction of sp³-hybridized carbons (Fsp3) is 0.133. The minimum Gasteiger partial charge on any atom is -0.306 e. The number of nitrogens with one attached hydrogen (secondary N) is 1. The van der Waals surface area contributed by atoms with Gasteiger partial charge in [0.25, 0.3) is 0 Å². The smallest absolute Gasteiger partial charge is 0.108 e. The van der Waals surface area contributed by atoms with E-state index in [1.165, 1.54) is 4.70 Å². The van der Waals surface area contributed by atoms with Crippen molar-refractivity contribution >= 4 is 49.1 Å². The van der Waals surface area contributed by atoms with E-state index in [-0.39, 0.29) is 0 Å². The predicted molar refractivity (Wildman–Crippen MR) is 89.3 cm³/mol. The van der Waals surface area contributed by atoms with E-state index in [1.807, 2.05) is 36.4 Å². The summed E-state index contributed by atoms with van der Waals surface area (Å²) in [4.78, 5) is 4.60. The topological polar surface area (TPSA) is 24.9 Å². The van der Waals surface area contributed by atoms with Crippen LogP contribution in [0.25, 0.3) is 10.2 Å². The molecule has 2 nitrogen and oxygen atoms in total. The van der Waals surface area contributed by atoms with Crippen LogP contribution in [-0.2, 0) is 13.1 Å². The molecule has 0 saturated carbocycles. The Morgan fingerprint density at radius 3 is 2.85 bits per heavy atom. The Labute approximate surface area is 134 Å². The van der Waals surface area contributed by atoms with Gasteiger partial charge in [0.05, 0.1) is 10.2 Å². The minimum absolute atomic E-state index is 0.730. The number of rotatable bonds is 4. The van der Waals surface area contributed by atoms with Gasteiger partial charge in [-0.3, -0.25) is 0 Å². The maximum Gasteiger partial charge on any atom is 0.108 e. The van der Waals surface area contributed by atoms with Crippen LogP contribution < -0.4 is 5.32 Å². The van der Waals surface area contributed by atoms with E-state index in [1.54, 1.807) is 11.3 Å². The summed E-state index contributed by atoms with van der Waals surface area (Å²) in [6.07, 6.45) is 0. The number of thiazole rings is 1. The fourth-order valence-corrected chi connectivity index (χ4v) is 3.51. The van der Waals surface area contributed by atoms with E-state index in [2.05, 4.69) is 32.3 Å². The van der Waals surface area contributed by atoms with Crippen molar-refractivity contribution < 1.29 is 0 Å². The highest BCUT2D eigenvalue weighted by atomic mass is 79.9. The van der Waals surface area contributed by atoms with Crippen LogP contribution in [0.3, 0.4) is 0 Å². The van der Waals surface area contributed by atoms with Gasteiger partial charge >= 0.3 is 0 Å². The first-order chi connectivity index (χ1) is 9.72. The Morgan fingerprint density at radius 1 is 1.15 bits per heavy atom. The van der Waals surface area contributed by atoms with Crippen molar-refractivity contribution in [2.75, 3.05) is 0 Å². The molecule has 0 amide bonds. The van der Waals surface area contributed by atoms with Gasteiger partial charge in [0.15, 0.2) is 0 Å². The lowest BCUT2D eigenvalue weighted by Gasteiger charge is -2.05. The van der Waals surface area contributed by atoms with Crippen molar-refractivity contribution in [3.8, 4) is 0 Å². The molecule has 3 aromatic rings. The van der Waals surface area contributed by atoms with Gasteiger partial charge in [-0.05, 0) is 35.9 Å². The third-order valence-corrected chi connectivity index (χ3v) is 4.84. The molecule has 0 unspecified atom stereocenters. The highest BCUT2D eigenvalue weighted by molar-refractivity contribution is 9.10. The number of aromatic nitrogens is 1. The average Bonchev–Trinajstić information content (AvgIpc) is 2.85. The van der Waals surface area contributed by atoms with Crippen molar-refractivity contribution in [1.29, 1.82) is 0 Å². The van der Waals surface area contributed by atoms with Gasteiger partial charge in [-0.1, -0.05) is 39.7 Å². The Hall–Kier alpha value is -0.940. The lowest BCUT2D eigenvalue weighted by molar-refractivity contribution is 0.691. The van der Waals surface area contributed by atoms with Crippen LogP contribution in [-0.4, -0.2) is 4.98 Å². The molecule has 5 heteroatoms. The van der Waals surface area contributed by atoms with Crippen LogP contribution in [0, 0.1) is 0 Å². The quantitative estimate of drug-likeness (QED) is 0.701. The fourth-order valence-electron chi connectivity index (χ4n) is 1.98. The molecule has 0 aliphatic heterocycles. The zero-order valence-electron chi connectivity index (χ0n) is 10.6. The molecule has 3 rings (SSSR count). The van der Waals surface area contributed by atoms with Crippen LogP contribution in [0.1, 0.15) is 10.6 Å². The second kappa shape index (κ2) is 6.22. The first kappa shape index (κ1) is 14.0. The minimum atomic E-state index is 0.730. The second-order valence-corrected chi connectivity index (χ2v) is 6.85. The van der Waals surface area contributed by atoms with Crippen molar-refractivity contribution in [2.45, 2.75) is 13.1 Å². The molecule has 0 spiro atoms. The van der Waals surface area contributed by atoms with E-state index < -0.39 is 0 Å². The van der Waals surface area contributed by atoms with Gasteiger partial charge in [0.2, 0.25) is 0 Å². The summed E-state index contributed by atoms with van der Waals surface area (Å²) in [5, 5.41) is 5.27. The molecule has 1 heterocycles. The molecular weight excluding hydrogens is 356 g/mol. The number of nitrogens with zero attached hydrogens (tertiary/aromatic N) is 1. The standard InChI is InChI=1S/C15H12BrClN2S/c16-11-5-6-12(17)10(7-11)8-18-9-15-19-13-3-1-2-4-14(13)20-15/h1-7,18H,8-9H2. The molecule has 1 aromatic heterocycles. The van der Waals surface area contributed by atoms with E-state index in [9.17, 15) is 0 Å². The molecule has 102 valence electrons. The van der Waals surface area contributed by atoms with Crippen molar-refractivity contribution in [1.82, 2.24) is 10.3 Å². The summed E-state index contributed by atoms with van der Waals surface area (Å²) in [6.45, 7) is 1.48. The molecular formula is C15H12BrClN2S. The van der Waals surface area contributed by atoms with E-state index in [0.717, 1.165) is 38.7 Å². The first-order valence-electron chi connectivity index (χ1n) is 6.21. The zero-order valence-corrected chi connectivity index (χ0v) is 13.7. The zero-order chi connectivity index (χ0) is 13.9. The average molecular weight is 368 g/mol. The maximum absolute atomic E-state index is 6.17. The summed E-state index contributed by atoms with van der Waals surface area (Å²) in [6, 6.07) is 14.1. The number of fused-ring (bicyclic) bond motifs is 1. The summed E-state index contributed by atoms with van der Waals surface area (Å²) >= 11 is 11.4. The third kappa shape index (κ3) is 3.20. The molecule has 0 aliphatic rings. The van der Waals surface area contributed by atoms with Crippen molar-refractivity contribution in [3.05, 3.63) is 62.5 Å². The Morgan fingerprint density at radius 2 is 2.00 bits per heavy atom. The molecule has 0 bridgehead atoms. The van der Waals surface area contributed by atoms with Gasteiger partial charge in [-0.15, -0.1) is 11.3 Å². The Bertz CT molecular complexity index is 709. The third-order valence-electron chi connectivity index (χ3n) is 2.94. The summed E-state index contributed by atoms with van der Waals surface area (Å²) in [7, 11) is 0. The number of hydrogen-bond acceptors (Lipinski definition) is 3. The lowest BCUT2D eigenvalue weighted by atomic mass is 10.2. The highest BCUT2D eigenvalue weighted by Crippen LogP contribution is 2.23. The molecule has 0 radical (unpaired) electrons. The molecule has 0 saturated heterocycles. The Kier molecular flexibility index (Phi) is 4.36. The second-order valence-electron chi connectivity index (χ2n) is 4.41. The van der Waals surface area contributed by atoms with Gasteiger partial charge in [-0.25, -0.2) is 4.98 Å². The Balaban J connectivity index is 1.66. The summed E-state index contributed by atoms with van der Waals surface area (Å²) in [5.74, 6) is 0. The van der Waals surface area contributed by atoms with Gasteiger partial charge in [0.1, 0.15) is 5.01 Å². The largest absolute Gasteiger partial charge is 0.306 e. The molecule has 20 heavy (non-hydrogen) atoms. The van der Waals surface area contributed by atoms with Crippen LogP contribution in [0.2, 0.25) is 5.02 Å². The molecule has 0 aliphatic carbocycles. The summed E-state index contributed by atoms with van der Waals surface area (Å²) in [5.41, 5.74) is 2.15. The van der Waals surface area contributed by atoms with Crippen molar-refractivity contribution in [3.63, 3.8) is 0 Å². The SMILES string of the molecule is Clc1ccc(Br)cc1CNCc1nc2ccccc2s1. The number of halogens is 2. The number of benzene rings is 2. The maximum atomic E-state index is 6.17. The van der Waals surface area contributed by atoms with E-state index >= 15 is 0 Å². The van der Waals surface area contributed by atoms with Crippen LogP contribution in [0.15, 0.2) is 46.9 Å². The van der Waals surface area contributed by atoms with Gasteiger partial charge in [-0.2, -0.15) is 0 Å². The van der Waals surface area contributed by atoms with Crippen LogP contribution >= 0.6 is 38.9 Å². The monoisotopic (exact) mass is 366 g/mol. The van der Waals surface area contributed by atoms with Crippen LogP contribution in [0.5, 0.6) is 0 Å². The normalized spacial score (nSPS) is 11.1. The van der Waals surface area contributed by atoms with Crippen LogP contribution in [0.4, 0.5) is 0 Å². The van der Waals surface area contributed by atoms with Gasteiger partial charge < -0.3 is 5.32 Å². The van der Waals surface area contributed by atoms with E-state index in [4.69, 9.17) is 11.6 Å². The molecule has 1 N–H and O–H groups in total. The molecule has 0 atom stereocenters. The lowest BCUT2D eigenvalue weighted by Crippen LogP contribution is -2.12. The van der Waals surface area contributed by atoms with Gasteiger partial charge in [0, 0.05) is 22.6 Å². The first-order valence-corrected chi connectivity index (χ1v) is 8.20. The van der Waals surface area contributed by atoms with Crippen molar-refractivity contribution in [2.24, 2.45) is 0 Å². The number of hydrogen-bond donors (Lipinski definition) is 1. The number of para-hydroxylation sites is 1. The summed E-state index contributed by atoms with van der Waals surface area (Å²) < 4.78 is 2.27. The molecule has 2 aromatic carbocycles. The predicted octanol–water partition coefficient (Wildman–Crippen LogP) is 5.00. The molecule has 0 fully saturated rings.